The van der Waals surface area contributed by atoms with Crippen molar-refractivity contribution in [3.63, 3.8) is 0 Å². The molecule has 8 aromatic rings. The number of rotatable bonds is 9. The van der Waals surface area contributed by atoms with Gasteiger partial charge in [-0.05, 0) is 108 Å². The molecule has 0 radical (unpaired) electrons. The number of unbranched alkanes of at least 4 members (excludes halogenated alkanes) is 1. The van der Waals surface area contributed by atoms with Crippen molar-refractivity contribution in [3.05, 3.63) is 181 Å². The van der Waals surface area contributed by atoms with Gasteiger partial charge >= 0.3 is 0 Å². The standard InChI is InChI=1S/C47H40N2/c1-3-4-15-35-26-30-39(31-27-35)49(37-18-9-6-10-19-37)47-33-45-40-20-11-13-22-42(40)46(32-44(45)41-21-12-14-23-43(41)47)48(36-16-7-5-8-17-36)38-28-24-34(2)25-29-38/h5-14,16-33H,3-4,15H2,1-2H3. The second-order valence-electron chi connectivity index (χ2n) is 12.9. The third-order valence-corrected chi connectivity index (χ3v) is 9.65. The normalized spacial score (nSPS) is 11.3. The van der Waals surface area contributed by atoms with Gasteiger partial charge in [-0.1, -0.05) is 128 Å². The molecular formula is C47H40N2. The van der Waals surface area contributed by atoms with Crippen LogP contribution < -0.4 is 9.80 Å². The van der Waals surface area contributed by atoms with Crippen LogP contribution in [0.5, 0.6) is 0 Å². The van der Waals surface area contributed by atoms with Gasteiger partial charge in [0.2, 0.25) is 0 Å². The predicted molar refractivity (Wildman–Crippen MR) is 212 cm³/mol. The monoisotopic (exact) mass is 632 g/mol. The van der Waals surface area contributed by atoms with Crippen molar-refractivity contribution in [2.45, 2.75) is 33.1 Å². The van der Waals surface area contributed by atoms with E-state index < -0.39 is 0 Å². The third kappa shape index (κ3) is 5.81. The molecule has 0 aliphatic heterocycles. The molecule has 0 spiro atoms. The van der Waals surface area contributed by atoms with Crippen molar-refractivity contribution >= 4 is 66.4 Å². The maximum atomic E-state index is 2.43. The molecule has 2 heteroatoms. The first-order chi connectivity index (χ1) is 24.2. The Morgan fingerprint density at radius 1 is 0.388 bits per heavy atom. The van der Waals surface area contributed by atoms with E-state index in [1.54, 1.807) is 0 Å². The number of nitrogens with zero attached hydrogens (tertiary/aromatic N) is 2. The Labute approximate surface area is 289 Å². The first-order valence-corrected chi connectivity index (χ1v) is 17.4. The van der Waals surface area contributed by atoms with E-state index in [0.717, 1.165) is 29.2 Å². The Morgan fingerprint density at radius 2 is 0.776 bits per heavy atom. The maximum absolute atomic E-state index is 2.43. The largest absolute Gasteiger partial charge is 0.310 e. The Balaban J connectivity index is 1.41. The topological polar surface area (TPSA) is 6.48 Å². The van der Waals surface area contributed by atoms with Gasteiger partial charge in [0.1, 0.15) is 0 Å². The fourth-order valence-electron chi connectivity index (χ4n) is 7.18. The number of anilines is 6. The second-order valence-corrected chi connectivity index (χ2v) is 12.9. The molecule has 0 aliphatic rings. The molecule has 0 N–H and O–H groups in total. The number of fused-ring (bicyclic) bond motifs is 5. The maximum Gasteiger partial charge on any atom is 0.0546 e. The van der Waals surface area contributed by atoms with Crippen LogP contribution in [0.25, 0.3) is 32.3 Å². The van der Waals surface area contributed by atoms with Crippen molar-refractivity contribution in [1.82, 2.24) is 0 Å². The second kappa shape index (κ2) is 13.3. The summed E-state index contributed by atoms with van der Waals surface area (Å²) in [7, 11) is 0. The molecule has 0 saturated carbocycles. The Kier molecular flexibility index (Phi) is 8.29. The summed E-state index contributed by atoms with van der Waals surface area (Å²) in [5.41, 5.74) is 9.55. The fourth-order valence-corrected chi connectivity index (χ4v) is 7.18. The van der Waals surface area contributed by atoms with Crippen LogP contribution in [0.1, 0.15) is 30.9 Å². The van der Waals surface area contributed by atoms with E-state index in [0.29, 0.717) is 0 Å². The molecule has 0 unspecified atom stereocenters. The highest BCUT2D eigenvalue weighted by Crippen LogP contribution is 2.47. The lowest BCUT2D eigenvalue weighted by molar-refractivity contribution is 0.795. The lowest BCUT2D eigenvalue weighted by atomic mass is 9.93. The third-order valence-electron chi connectivity index (χ3n) is 9.65. The smallest absolute Gasteiger partial charge is 0.0546 e. The Morgan fingerprint density at radius 3 is 1.22 bits per heavy atom. The van der Waals surface area contributed by atoms with Crippen LogP contribution in [0.2, 0.25) is 0 Å². The van der Waals surface area contributed by atoms with Gasteiger partial charge in [-0.25, -0.2) is 0 Å². The zero-order chi connectivity index (χ0) is 33.2. The van der Waals surface area contributed by atoms with Gasteiger partial charge in [0.05, 0.1) is 11.4 Å². The quantitative estimate of drug-likeness (QED) is 0.146. The molecule has 0 aromatic heterocycles. The lowest BCUT2D eigenvalue weighted by Gasteiger charge is -2.30. The summed E-state index contributed by atoms with van der Waals surface area (Å²) < 4.78 is 0. The molecule has 0 amide bonds. The number of hydrogen-bond acceptors (Lipinski definition) is 2. The van der Waals surface area contributed by atoms with E-state index >= 15 is 0 Å². The summed E-state index contributed by atoms with van der Waals surface area (Å²) in [6, 6.07) is 62.2. The van der Waals surface area contributed by atoms with Gasteiger partial charge in [0.15, 0.2) is 0 Å². The molecule has 238 valence electrons. The molecule has 0 atom stereocenters. The van der Waals surface area contributed by atoms with Crippen LogP contribution in [0.15, 0.2) is 170 Å². The Bertz CT molecular complexity index is 2360. The zero-order valence-electron chi connectivity index (χ0n) is 28.2. The molecule has 0 bridgehead atoms. The molecule has 49 heavy (non-hydrogen) atoms. The minimum Gasteiger partial charge on any atom is -0.310 e. The first kappa shape index (κ1) is 30.5. The zero-order valence-corrected chi connectivity index (χ0v) is 28.2. The van der Waals surface area contributed by atoms with Crippen molar-refractivity contribution in [3.8, 4) is 0 Å². The van der Waals surface area contributed by atoms with Gasteiger partial charge in [0.25, 0.3) is 0 Å². The summed E-state index contributed by atoms with van der Waals surface area (Å²) in [4.78, 5) is 4.83. The van der Waals surface area contributed by atoms with E-state index in [1.807, 2.05) is 0 Å². The van der Waals surface area contributed by atoms with E-state index in [2.05, 4.69) is 194 Å². The van der Waals surface area contributed by atoms with Crippen molar-refractivity contribution in [2.75, 3.05) is 9.80 Å². The van der Waals surface area contributed by atoms with E-state index in [1.165, 1.54) is 67.7 Å². The molecule has 8 rings (SSSR count). The SMILES string of the molecule is CCCCc1ccc(N(c2ccccc2)c2cc3c4ccccc4c(N(c4ccccc4)c4ccc(C)cc4)cc3c3ccccc23)cc1. The summed E-state index contributed by atoms with van der Waals surface area (Å²) in [6.07, 6.45) is 3.51. The van der Waals surface area contributed by atoms with Gasteiger partial charge in [0, 0.05) is 33.5 Å². The predicted octanol–water partition coefficient (Wildman–Crippen LogP) is 13.7. The van der Waals surface area contributed by atoms with Crippen molar-refractivity contribution in [2.24, 2.45) is 0 Å². The number of hydrogen-bond donors (Lipinski definition) is 0. The number of para-hydroxylation sites is 2. The van der Waals surface area contributed by atoms with Crippen LogP contribution in [0, 0.1) is 6.92 Å². The van der Waals surface area contributed by atoms with Gasteiger partial charge in [-0.2, -0.15) is 0 Å². The number of benzene rings is 8. The summed E-state index contributed by atoms with van der Waals surface area (Å²) in [6.45, 7) is 4.40. The van der Waals surface area contributed by atoms with Gasteiger partial charge in [-0.3, -0.25) is 0 Å². The van der Waals surface area contributed by atoms with Crippen LogP contribution >= 0.6 is 0 Å². The minimum absolute atomic E-state index is 1.11. The van der Waals surface area contributed by atoms with Crippen LogP contribution in [-0.4, -0.2) is 0 Å². The summed E-state index contributed by atoms with van der Waals surface area (Å²) >= 11 is 0. The highest BCUT2D eigenvalue weighted by Gasteiger charge is 2.21. The van der Waals surface area contributed by atoms with Crippen LogP contribution in [0.4, 0.5) is 34.1 Å². The molecule has 0 heterocycles. The fraction of sp³-hybridized carbons (Fsp3) is 0.106. The molecule has 2 nitrogen and oxygen atoms in total. The van der Waals surface area contributed by atoms with Crippen molar-refractivity contribution < 1.29 is 0 Å². The van der Waals surface area contributed by atoms with E-state index in [-0.39, 0.29) is 0 Å². The first-order valence-electron chi connectivity index (χ1n) is 17.4. The van der Waals surface area contributed by atoms with Crippen LogP contribution in [0.3, 0.4) is 0 Å². The van der Waals surface area contributed by atoms with Gasteiger partial charge < -0.3 is 9.80 Å². The minimum atomic E-state index is 1.11. The molecule has 0 saturated heterocycles. The average Bonchev–Trinajstić information content (AvgIpc) is 3.16. The molecule has 0 fully saturated rings. The average molecular weight is 633 g/mol. The van der Waals surface area contributed by atoms with Crippen LogP contribution in [-0.2, 0) is 6.42 Å². The molecular weight excluding hydrogens is 593 g/mol. The summed E-state index contributed by atoms with van der Waals surface area (Å²) in [5.74, 6) is 0. The molecule has 8 aromatic carbocycles. The van der Waals surface area contributed by atoms with E-state index in [9.17, 15) is 0 Å². The summed E-state index contributed by atoms with van der Waals surface area (Å²) in [5, 5.41) is 7.39. The Hall–Kier alpha value is -5.86. The van der Waals surface area contributed by atoms with E-state index in [4.69, 9.17) is 0 Å². The highest BCUT2D eigenvalue weighted by molar-refractivity contribution is 6.24. The van der Waals surface area contributed by atoms with Gasteiger partial charge in [-0.15, -0.1) is 0 Å². The highest BCUT2D eigenvalue weighted by atomic mass is 15.1. The lowest BCUT2D eigenvalue weighted by Crippen LogP contribution is -2.12. The number of aryl methyl sites for hydroxylation is 2. The molecule has 0 aliphatic carbocycles. The van der Waals surface area contributed by atoms with Crippen molar-refractivity contribution in [1.29, 1.82) is 0 Å².